The van der Waals surface area contributed by atoms with Crippen LogP contribution in [0.5, 0.6) is 5.75 Å². The Bertz CT molecular complexity index is 1420. The van der Waals surface area contributed by atoms with Crippen LogP contribution in [0.3, 0.4) is 0 Å². The first kappa shape index (κ1) is 24.4. The monoisotopic (exact) mass is 493 g/mol. The van der Waals surface area contributed by atoms with E-state index in [4.69, 9.17) is 4.74 Å². The van der Waals surface area contributed by atoms with Gasteiger partial charge in [0.1, 0.15) is 5.75 Å². The second-order valence-electron chi connectivity index (χ2n) is 9.33. The van der Waals surface area contributed by atoms with E-state index < -0.39 is 0 Å². The molecule has 0 aliphatic carbocycles. The molecule has 1 aromatic heterocycles. The number of aromatic nitrogens is 1. The summed E-state index contributed by atoms with van der Waals surface area (Å²) in [6.07, 6.45) is 0. The maximum atomic E-state index is 13.7. The van der Waals surface area contributed by atoms with Crippen molar-refractivity contribution in [3.05, 3.63) is 107 Å². The van der Waals surface area contributed by atoms with Crippen molar-refractivity contribution in [2.75, 3.05) is 33.3 Å². The van der Waals surface area contributed by atoms with Gasteiger partial charge in [0.2, 0.25) is 0 Å². The summed E-state index contributed by atoms with van der Waals surface area (Å²) in [5.41, 5.74) is 6.20. The lowest BCUT2D eigenvalue weighted by Crippen LogP contribution is -2.50. The number of methoxy groups -OCH3 is 1. The van der Waals surface area contributed by atoms with E-state index >= 15 is 0 Å². The molecule has 2 amide bonds. The summed E-state index contributed by atoms with van der Waals surface area (Å²) in [5.74, 6) is 0.802. The summed E-state index contributed by atoms with van der Waals surface area (Å²) in [4.78, 5) is 30.5. The third-order valence-electron chi connectivity index (χ3n) is 7.11. The van der Waals surface area contributed by atoms with Crippen molar-refractivity contribution in [2.45, 2.75) is 13.8 Å². The van der Waals surface area contributed by atoms with Gasteiger partial charge < -0.3 is 19.1 Å². The maximum absolute atomic E-state index is 13.7. The van der Waals surface area contributed by atoms with Crippen LogP contribution >= 0.6 is 0 Å². The predicted octanol–water partition coefficient (Wildman–Crippen LogP) is 5.37. The number of carbonyl (C=O) groups is 2. The first-order valence-corrected chi connectivity index (χ1v) is 12.5. The molecule has 5 rings (SSSR count). The molecule has 1 aliphatic rings. The predicted molar refractivity (Wildman–Crippen MR) is 145 cm³/mol. The van der Waals surface area contributed by atoms with E-state index in [1.165, 1.54) is 0 Å². The molecule has 1 saturated heterocycles. The summed E-state index contributed by atoms with van der Waals surface area (Å²) < 4.78 is 7.46. The van der Waals surface area contributed by atoms with Crippen molar-refractivity contribution < 1.29 is 14.3 Å². The number of para-hydroxylation sites is 1. The van der Waals surface area contributed by atoms with Crippen LogP contribution in [-0.2, 0) is 0 Å². The molecule has 0 spiro atoms. The fourth-order valence-electron chi connectivity index (χ4n) is 4.97. The van der Waals surface area contributed by atoms with E-state index in [2.05, 4.69) is 4.57 Å². The molecule has 6 heteroatoms. The Morgan fingerprint density at radius 2 is 1.27 bits per heavy atom. The Kier molecular flexibility index (Phi) is 6.82. The van der Waals surface area contributed by atoms with Gasteiger partial charge in [-0.15, -0.1) is 0 Å². The number of piperazine rings is 1. The third kappa shape index (κ3) is 4.75. The zero-order chi connectivity index (χ0) is 25.9. The summed E-state index contributed by atoms with van der Waals surface area (Å²) in [7, 11) is 1.65. The summed E-state index contributed by atoms with van der Waals surface area (Å²) in [5, 5.41) is 0. The van der Waals surface area contributed by atoms with Crippen LogP contribution < -0.4 is 4.74 Å². The van der Waals surface area contributed by atoms with Gasteiger partial charge in [-0.05, 0) is 73.5 Å². The van der Waals surface area contributed by atoms with Crippen LogP contribution in [0.1, 0.15) is 32.0 Å². The van der Waals surface area contributed by atoms with Crippen molar-refractivity contribution in [1.82, 2.24) is 14.4 Å². The topological polar surface area (TPSA) is 54.8 Å². The SMILES string of the molecule is COc1ccc(-c2cc(C(=O)N3CCN(C(=O)c4ccccc4C)CC3)c(C)n2-c2ccccc2)cc1. The molecule has 188 valence electrons. The number of carbonyl (C=O) groups excluding carboxylic acids is 2. The molecule has 4 aromatic rings. The molecule has 0 atom stereocenters. The van der Waals surface area contributed by atoms with Crippen molar-refractivity contribution in [3.63, 3.8) is 0 Å². The average molecular weight is 494 g/mol. The lowest BCUT2D eigenvalue weighted by atomic mass is 10.1. The average Bonchev–Trinajstić information content (AvgIpc) is 3.30. The van der Waals surface area contributed by atoms with Crippen molar-refractivity contribution in [2.24, 2.45) is 0 Å². The molecule has 0 N–H and O–H groups in total. The molecule has 2 heterocycles. The fraction of sp³-hybridized carbons (Fsp3) is 0.226. The molecule has 1 fully saturated rings. The van der Waals surface area contributed by atoms with Gasteiger partial charge in [-0.2, -0.15) is 0 Å². The van der Waals surface area contributed by atoms with E-state index in [1.54, 1.807) is 7.11 Å². The summed E-state index contributed by atoms with van der Waals surface area (Å²) >= 11 is 0. The Labute approximate surface area is 217 Å². The number of aryl methyl sites for hydroxylation is 1. The summed E-state index contributed by atoms with van der Waals surface area (Å²) in [6.45, 7) is 5.98. The van der Waals surface area contributed by atoms with Crippen LogP contribution in [0.15, 0.2) is 84.9 Å². The zero-order valence-corrected chi connectivity index (χ0v) is 21.5. The van der Waals surface area contributed by atoms with E-state index in [1.807, 2.05) is 109 Å². The maximum Gasteiger partial charge on any atom is 0.255 e. The highest BCUT2D eigenvalue weighted by atomic mass is 16.5. The van der Waals surface area contributed by atoms with Gasteiger partial charge in [-0.25, -0.2) is 0 Å². The lowest BCUT2D eigenvalue weighted by molar-refractivity contribution is 0.0534. The molecule has 3 aromatic carbocycles. The van der Waals surface area contributed by atoms with Crippen LogP contribution in [0.2, 0.25) is 0 Å². The Hall–Kier alpha value is -4.32. The van der Waals surface area contributed by atoms with Crippen molar-refractivity contribution in [3.8, 4) is 22.7 Å². The molecule has 37 heavy (non-hydrogen) atoms. The number of hydrogen-bond acceptors (Lipinski definition) is 3. The Morgan fingerprint density at radius 1 is 0.703 bits per heavy atom. The number of hydrogen-bond donors (Lipinski definition) is 0. The highest BCUT2D eigenvalue weighted by Gasteiger charge is 2.28. The Balaban J connectivity index is 1.41. The zero-order valence-electron chi connectivity index (χ0n) is 21.5. The van der Waals surface area contributed by atoms with Crippen molar-refractivity contribution in [1.29, 1.82) is 0 Å². The first-order valence-electron chi connectivity index (χ1n) is 12.5. The minimum Gasteiger partial charge on any atom is -0.497 e. The minimum absolute atomic E-state index is 0.00932. The van der Waals surface area contributed by atoms with Gasteiger partial charge >= 0.3 is 0 Å². The molecular formula is C31H31N3O3. The lowest BCUT2D eigenvalue weighted by Gasteiger charge is -2.35. The highest BCUT2D eigenvalue weighted by molar-refractivity contribution is 5.98. The standard InChI is InChI=1S/C31H31N3O3/c1-22-9-7-8-12-27(22)30(35)32-17-19-33(20-18-32)31(36)28-21-29(24-13-15-26(37-3)16-14-24)34(23(28)2)25-10-5-4-6-11-25/h4-16,21H,17-20H2,1-3H3. The van der Waals surface area contributed by atoms with E-state index in [0.717, 1.165) is 39.5 Å². The number of nitrogens with zero attached hydrogens (tertiary/aromatic N) is 3. The van der Waals surface area contributed by atoms with Crippen LogP contribution in [0.4, 0.5) is 0 Å². The molecule has 0 radical (unpaired) electrons. The van der Waals surface area contributed by atoms with E-state index in [-0.39, 0.29) is 11.8 Å². The normalized spacial score (nSPS) is 13.5. The highest BCUT2D eigenvalue weighted by Crippen LogP contribution is 2.31. The smallest absolute Gasteiger partial charge is 0.255 e. The van der Waals surface area contributed by atoms with Gasteiger partial charge in [-0.3, -0.25) is 9.59 Å². The molecule has 6 nitrogen and oxygen atoms in total. The second kappa shape index (κ2) is 10.3. The third-order valence-corrected chi connectivity index (χ3v) is 7.11. The molecule has 0 bridgehead atoms. The second-order valence-corrected chi connectivity index (χ2v) is 9.33. The van der Waals surface area contributed by atoms with Gasteiger partial charge in [0, 0.05) is 43.1 Å². The van der Waals surface area contributed by atoms with Crippen LogP contribution in [0.25, 0.3) is 16.9 Å². The number of rotatable bonds is 5. The first-order chi connectivity index (χ1) is 18.0. The number of benzene rings is 3. The van der Waals surface area contributed by atoms with Crippen LogP contribution in [0, 0.1) is 13.8 Å². The van der Waals surface area contributed by atoms with E-state index in [0.29, 0.717) is 31.7 Å². The van der Waals surface area contributed by atoms with Crippen LogP contribution in [-0.4, -0.2) is 59.5 Å². The fourth-order valence-corrected chi connectivity index (χ4v) is 4.97. The number of amides is 2. The molecule has 1 aliphatic heterocycles. The number of ether oxygens (including phenoxy) is 1. The molecule has 0 unspecified atom stereocenters. The van der Waals surface area contributed by atoms with Gasteiger partial charge in [0.15, 0.2) is 0 Å². The van der Waals surface area contributed by atoms with Crippen molar-refractivity contribution >= 4 is 11.8 Å². The van der Waals surface area contributed by atoms with Gasteiger partial charge in [0.05, 0.1) is 18.4 Å². The van der Waals surface area contributed by atoms with E-state index in [9.17, 15) is 9.59 Å². The quantitative estimate of drug-likeness (QED) is 0.376. The summed E-state index contributed by atoms with van der Waals surface area (Å²) in [6, 6.07) is 27.6. The van der Waals surface area contributed by atoms with Gasteiger partial charge in [-0.1, -0.05) is 36.4 Å². The Morgan fingerprint density at radius 3 is 1.86 bits per heavy atom. The van der Waals surface area contributed by atoms with Gasteiger partial charge in [0.25, 0.3) is 11.8 Å². The largest absolute Gasteiger partial charge is 0.497 e. The minimum atomic E-state index is -0.00932. The molecular weight excluding hydrogens is 462 g/mol. The molecule has 0 saturated carbocycles.